The summed E-state index contributed by atoms with van der Waals surface area (Å²) in [6.45, 7) is 0. The van der Waals surface area contributed by atoms with Crippen molar-refractivity contribution in [2.45, 2.75) is 0 Å². The van der Waals surface area contributed by atoms with Gasteiger partial charge >= 0.3 is 11.9 Å². The third-order valence-electron chi connectivity index (χ3n) is 3.80. The predicted octanol–water partition coefficient (Wildman–Crippen LogP) is 3.65. The molecule has 3 aromatic rings. The van der Waals surface area contributed by atoms with E-state index >= 15 is 0 Å². The number of nitrogens with zero attached hydrogens (tertiary/aromatic N) is 2. The van der Waals surface area contributed by atoms with E-state index in [2.05, 4.69) is 9.98 Å². The number of aromatic hydroxyl groups is 1. The van der Waals surface area contributed by atoms with Crippen molar-refractivity contribution in [2.75, 3.05) is 14.2 Å². The molecule has 144 valence electrons. The van der Waals surface area contributed by atoms with Gasteiger partial charge in [-0.05, 0) is 12.1 Å². The summed E-state index contributed by atoms with van der Waals surface area (Å²) in [5.41, 5.74) is -0.134. The zero-order valence-electron chi connectivity index (χ0n) is 14.8. The van der Waals surface area contributed by atoms with Crippen LogP contribution >= 0.6 is 0 Å². The number of benzene rings is 2. The van der Waals surface area contributed by atoms with E-state index in [0.29, 0.717) is 0 Å². The van der Waals surface area contributed by atoms with Crippen LogP contribution < -0.4 is 9.47 Å². The molecule has 0 spiro atoms. The fourth-order valence-corrected chi connectivity index (χ4v) is 2.43. The van der Waals surface area contributed by atoms with Crippen LogP contribution in [0.3, 0.4) is 0 Å². The first-order valence-corrected chi connectivity index (χ1v) is 7.92. The summed E-state index contributed by atoms with van der Waals surface area (Å²) in [6, 6.07) is 8.41. The molecule has 0 saturated heterocycles. The van der Waals surface area contributed by atoms with Crippen molar-refractivity contribution in [3.05, 3.63) is 53.5 Å². The van der Waals surface area contributed by atoms with E-state index in [1.54, 1.807) is 6.07 Å². The number of aromatic carboxylic acids is 1. The lowest BCUT2D eigenvalue weighted by Crippen LogP contribution is -2.00. The van der Waals surface area contributed by atoms with Gasteiger partial charge in [-0.15, -0.1) is 0 Å². The Kier molecular flexibility index (Phi) is 5.25. The minimum Gasteiger partial charge on any atom is -0.493 e. The predicted molar refractivity (Wildman–Crippen MR) is 97.3 cm³/mol. The second-order valence-electron chi connectivity index (χ2n) is 5.48. The Hall–Kier alpha value is -3.88. The summed E-state index contributed by atoms with van der Waals surface area (Å²) in [4.78, 5) is 19.6. The number of carboxylic acid groups (broad SMARTS) is 1. The Labute approximate surface area is 158 Å². The molecular formula is C19H15FN2O6. The van der Waals surface area contributed by atoms with Gasteiger partial charge in [0.2, 0.25) is 5.89 Å². The highest BCUT2D eigenvalue weighted by molar-refractivity contribution is 5.96. The van der Waals surface area contributed by atoms with Crippen LogP contribution in [0.2, 0.25) is 0 Å². The molecule has 2 aromatic carbocycles. The summed E-state index contributed by atoms with van der Waals surface area (Å²) >= 11 is 0. The quantitative estimate of drug-likeness (QED) is 0.622. The van der Waals surface area contributed by atoms with Gasteiger partial charge in [0.1, 0.15) is 5.82 Å². The third-order valence-corrected chi connectivity index (χ3v) is 3.80. The monoisotopic (exact) mass is 386 g/mol. The van der Waals surface area contributed by atoms with Gasteiger partial charge in [0.15, 0.2) is 17.2 Å². The maximum atomic E-state index is 13.9. The fraction of sp³-hybridized carbons (Fsp3) is 0.105. The highest BCUT2D eigenvalue weighted by atomic mass is 19.1. The van der Waals surface area contributed by atoms with E-state index in [1.807, 2.05) is 0 Å². The van der Waals surface area contributed by atoms with Gasteiger partial charge in [-0.2, -0.15) is 0 Å². The molecular weight excluding hydrogens is 371 g/mol. The van der Waals surface area contributed by atoms with E-state index in [9.17, 15) is 19.4 Å². The molecule has 9 heteroatoms. The van der Waals surface area contributed by atoms with Crippen LogP contribution in [0.15, 0.2) is 45.8 Å². The van der Waals surface area contributed by atoms with Gasteiger partial charge in [-0.1, -0.05) is 12.1 Å². The number of methoxy groups -OCH3 is 2. The molecule has 0 bridgehead atoms. The van der Waals surface area contributed by atoms with E-state index in [-0.39, 0.29) is 39.9 Å². The van der Waals surface area contributed by atoms with Crippen molar-refractivity contribution < 1.29 is 33.3 Å². The van der Waals surface area contributed by atoms with E-state index in [0.717, 1.165) is 6.21 Å². The van der Waals surface area contributed by atoms with Crippen LogP contribution in [-0.4, -0.2) is 41.6 Å². The minimum atomic E-state index is -1.23. The summed E-state index contributed by atoms with van der Waals surface area (Å²) in [6.07, 6.45) is 1.11. The average molecular weight is 386 g/mol. The molecule has 0 aliphatic carbocycles. The number of hydrogen-bond acceptors (Lipinski definition) is 7. The topological polar surface area (TPSA) is 114 Å². The van der Waals surface area contributed by atoms with E-state index < -0.39 is 17.7 Å². The highest BCUT2D eigenvalue weighted by Gasteiger charge is 2.18. The summed E-state index contributed by atoms with van der Waals surface area (Å²) in [5.74, 6) is -2.02. The van der Waals surface area contributed by atoms with Crippen molar-refractivity contribution in [1.29, 1.82) is 0 Å². The lowest BCUT2D eigenvalue weighted by Gasteiger charge is -2.10. The fourth-order valence-electron chi connectivity index (χ4n) is 2.43. The number of rotatable bonds is 6. The van der Waals surface area contributed by atoms with Crippen LogP contribution in [0.5, 0.6) is 17.4 Å². The normalized spacial score (nSPS) is 11.0. The number of ether oxygens (including phenoxy) is 2. The molecule has 0 aliphatic heterocycles. The third kappa shape index (κ3) is 3.63. The maximum absolute atomic E-state index is 13.9. The van der Waals surface area contributed by atoms with Crippen molar-refractivity contribution in [2.24, 2.45) is 4.99 Å². The molecule has 28 heavy (non-hydrogen) atoms. The average Bonchev–Trinajstić information content (AvgIpc) is 3.06. The smallest absolute Gasteiger partial charge is 0.338 e. The molecule has 0 saturated carbocycles. The van der Waals surface area contributed by atoms with E-state index in [4.69, 9.17) is 13.9 Å². The molecule has 8 nitrogen and oxygen atoms in total. The largest absolute Gasteiger partial charge is 0.493 e. The molecule has 1 heterocycles. The lowest BCUT2D eigenvalue weighted by atomic mass is 10.1. The summed E-state index contributed by atoms with van der Waals surface area (Å²) < 4.78 is 29.2. The van der Waals surface area contributed by atoms with Crippen molar-refractivity contribution in [3.8, 4) is 28.9 Å². The van der Waals surface area contributed by atoms with Gasteiger partial charge in [-0.25, -0.2) is 14.2 Å². The molecule has 0 radical (unpaired) electrons. The van der Waals surface area contributed by atoms with Crippen molar-refractivity contribution in [3.63, 3.8) is 0 Å². The first-order valence-electron chi connectivity index (χ1n) is 7.92. The summed E-state index contributed by atoms with van der Waals surface area (Å²) in [5, 5.41) is 19.3. The van der Waals surface area contributed by atoms with Crippen molar-refractivity contribution in [1.82, 2.24) is 4.98 Å². The zero-order valence-corrected chi connectivity index (χ0v) is 14.8. The molecule has 2 N–H and O–H groups in total. The Morgan fingerprint density at radius 3 is 2.54 bits per heavy atom. The number of oxazole rings is 1. The Balaban J connectivity index is 2.01. The zero-order chi connectivity index (χ0) is 20.3. The van der Waals surface area contributed by atoms with Gasteiger partial charge in [0.25, 0.3) is 0 Å². The minimum absolute atomic E-state index is 0.0417. The van der Waals surface area contributed by atoms with Crippen LogP contribution in [0, 0.1) is 5.82 Å². The van der Waals surface area contributed by atoms with Gasteiger partial charge in [0, 0.05) is 12.1 Å². The SMILES string of the molecule is COc1cc(N=Cc2nc(-c3ccccc3F)oc2O)c(C(=O)O)cc1OC. The number of aromatic nitrogens is 1. The maximum Gasteiger partial charge on any atom is 0.338 e. The van der Waals surface area contributed by atoms with Crippen LogP contribution in [0.1, 0.15) is 16.1 Å². The number of aliphatic imine (C=N–C) groups is 1. The molecule has 0 aliphatic rings. The molecule has 1 aromatic heterocycles. The first kappa shape index (κ1) is 18.9. The molecule has 0 amide bonds. The van der Waals surface area contributed by atoms with Crippen molar-refractivity contribution >= 4 is 17.9 Å². The number of halogens is 1. The lowest BCUT2D eigenvalue weighted by molar-refractivity contribution is 0.0697. The number of hydrogen-bond donors (Lipinski definition) is 2. The van der Waals surface area contributed by atoms with Gasteiger partial charge < -0.3 is 24.1 Å². The Morgan fingerprint density at radius 2 is 1.89 bits per heavy atom. The number of carbonyl (C=O) groups is 1. The Morgan fingerprint density at radius 1 is 1.21 bits per heavy atom. The van der Waals surface area contributed by atoms with E-state index in [1.165, 1.54) is 44.6 Å². The van der Waals surface area contributed by atoms with Crippen LogP contribution in [0.25, 0.3) is 11.5 Å². The molecule has 0 unspecified atom stereocenters. The highest BCUT2D eigenvalue weighted by Crippen LogP contribution is 2.35. The second kappa shape index (κ2) is 7.78. The second-order valence-corrected chi connectivity index (χ2v) is 5.48. The molecule has 3 rings (SSSR count). The van der Waals surface area contributed by atoms with Crippen LogP contribution in [-0.2, 0) is 0 Å². The van der Waals surface area contributed by atoms with Gasteiger partial charge in [-0.3, -0.25) is 4.99 Å². The molecule has 0 fully saturated rings. The summed E-state index contributed by atoms with van der Waals surface area (Å²) in [7, 11) is 2.78. The molecule has 0 atom stereocenters. The van der Waals surface area contributed by atoms with Crippen LogP contribution in [0.4, 0.5) is 10.1 Å². The first-order chi connectivity index (χ1) is 13.4. The van der Waals surface area contributed by atoms with Gasteiger partial charge in [0.05, 0.1) is 37.2 Å². The standard InChI is InChI=1S/C19H15FN2O6/c1-26-15-7-11(18(23)24)13(8-16(15)27-2)21-9-14-19(25)28-17(22-14)10-5-3-4-6-12(10)20/h3-9,25H,1-2H3,(H,23,24). The number of carboxylic acids is 1. The Bertz CT molecular complexity index is 1060.